The number of nitrogens with zero attached hydrogens (tertiary/aromatic N) is 2. The minimum absolute atomic E-state index is 0.0391. The topological polar surface area (TPSA) is 63.7 Å². The molecule has 142 valence electrons. The van der Waals surface area contributed by atoms with Crippen LogP contribution in [0.25, 0.3) is 10.6 Å². The molecule has 1 aromatic carbocycles. The van der Waals surface area contributed by atoms with E-state index in [1.807, 2.05) is 44.4 Å². The molecule has 0 saturated heterocycles. The second-order valence-corrected chi connectivity index (χ2v) is 7.10. The maximum atomic E-state index is 12.0. The fourth-order valence-corrected chi connectivity index (χ4v) is 3.37. The first-order chi connectivity index (χ1) is 12.5. The van der Waals surface area contributed by atoms with Gasteiger partial charge in [0.2, 0.25) is 5.91 Å². The van der Waals surface area contributed by atoms with Crippen molar-refractivity contribution in [2.24, 2.45) is 0 Å². The molecular weight excluding hydrogens is 350 g/mol. The molecule has 1 heterocycles. The number of likely N-dealkylation sites (N-methyl/N-ethyl adjacent to an activating group) is 1. The Balaban J connectivity index is 2.08. The number of carbonyl (C=O) groups is 1. The standard InChI is InChI=1S/C19H27N3O3S/c1-6-22(11-18(23)20-13(2)3)10-15-12-26-19(21-15)14-7-8-16(24-4)17(9-14)25-5/h7-9,12-13H,6,10-11H2,1-5H3,(H,20,23). The predicted molar refractivity (Wildman–Crippen MR) is 105 cm³/mol. The van der Waals surface area contributed by atoms with E-state index in [-0.39, 0.29) is 11.9 Å². The van der Waals surface area contributed by atoms with Crippen molar-refractivity contribution >= 4 is 17.2 Å². The predicted octanol–water partition coefficient (Wildman–Crippen LogP) is 3.17. The lowest BCUT2D eigenvalue weighted by Gasteiger charge is -2.19. The number of carbonyl (C=O) groups excluding carboxylic acids is 1. The third kappa shape index (κ3) is 5.44. The van der Waals surface area contributed by atoms with Crippen LogP contribution in [0.3, 0.4) is 0 Å². The van der Waals surface area contributed by atoms with E-state index in [0.717, 1.165) is 22.8 Å². The van der Waals surface area contributed by atoms with Gasteiger partial charge in [0.25, 0.3) is 0 Å². The fourth-order valence-electron chi connectivity index (χ4n) is 2.56. The Morgan fingerprint density at radius 3 is 2.62 bits per heavy atom. The van der Waals surface area contributed by atoms with Crippen LogP contribution >= 0.6 is 11.3 Å². The van der Waals surface area contributed by atoms with Crippen LogP contribution in [0.5, 0.6) is 11.5 Å². The van der Waals surface area contributed by atoms with Crippen molar-refractivity contribution in [1.29, 1.82) is 0 Å². The Morgan fingerprint density at radius 1 is 1.27 bits per heavy atom. The van der Waals surface area contributed by atoms with Crippen molar-refractivity contribution < 1.29 is 14.3 Å². The summed E-state index contributed by atoms with van der Waals surface area (Å²) in [5.41, 5.74) is 1.94. The van der Waals surface area contributed by atoms with Crippen molar-refractivity contribution in [1.82, 2.24) is 15.2 Å². The molecule has 0 atom stereocenters. The lowest BCUT2D eigenvalue weighted by Crippen LogP contribution is -2.39. The van der Waals surface area contributed by atoms with Crippen molar-refractivity contribution in [2.75, 3.05) is 27.3 Å². The molecule has 6 nitrogen and oxygen atoms in total. The normalized spacial score (nSPS) is 11.0. The van der Waals surface area contributed by atoms with Crippen LogP contribution in [0, 0.1) is 0 Å². The molecule has 0 unspecified atom stereocenters. The van der Waals surface area contributed by atoms with Gasteiger partial charge in [-0.25, -0.2) is 4.98 Å². The zero-order valence-electron chi connectivity index (χ0n) is 16.0. The molecule has 0 fully saturated rings. The largest absolute Gasteiger partial charge is 0.493 e. The van der Waals surface area contributed by atoms with Crippen LogP contribution in [0.4, 0.5) is 0 Å². The number of aromatic nitrogens is 1. The van der Waals surface area contributed by atoms with Gasteiger partial charge in [0.05, 0.1) is 26.5 Å². The van der Waals surface area contributed by atoms with Crippen LogP contribution in [-0.4, -0.2) is 49.1 Å². The average Bonchev–Trinajstić information content (AvgIpc) is 3.08. The van der Waals surface area contributed by atoms with Crippen LogP contribution in [-0.2, 0) is 11.3 Å². The molecule has 0 radical (unpaired) electrons. The van der Waals surface area contributed by atoms with E-state index in [1.54, 1.807) is 25.6 Å². The number of rotatable bonds is 9. The Kier molecular flexibility index (Phi) is 7.41. The summed E-state index contributed by atoms with van der Waals surface area (Å²) in [5.74, 6) is 1.42. The molecule has 1 amide bonds. The highest BCUT2D eigenvalue weighted by atomic mass is 32.1. The molecule has 0 spiro atoms. The van der Waals surface area contributed by atoms with E-state index < -0.39 is 0 Å². The van der Waals surface area contributed by atoms with Crippen LogP contribution in [0.1, 0.15) is 26.5 Å². The Hall–Kier alpha value is -2.12. The molecule has 2 aromatic rings. The molecule has 0 aliphatic rings. The zero-order chi connectivity index (χ0) is 19.1. The number of nitrogens with one attached hydrogen (secondary N) is 1. The number of hydrogen-bond donors (Lipinski definition) is 1. The molecule has 7 heteroatoms. The van der Waals surface area contributed by atoms with Crippen molar-refractivity contribution in [3.63, 3.8) is 0 Å². The smallest absolute Gasteiger partial charge is 0.234 e. The summed E-state index contributed by atoms with van der Waals surface area (Å²) >= 11 is 1.58. The summed E-state index contributed by atoms with van der Waals surface area (Å²) in [6.45, 7) is 7.77. The first-order valence-electron chi connectivity index (χ1n) is 8.65. The maximum absolute atomic E-state index is 12.0. The molecule has 0 aliphatic carbocycles. The molecule has 0 saturated carbocycles. The van der Waals surface area contributed by atoms with Crippen LogP contribution < -0.4 is 14.8 Å². The Labute approximate surface area is 159 Å². The minimum atomic E-state index is 0.0391. The first kappa shape index (κ1) is 20.2. The van der Waals surface area contributed by atoms with Crippen LogP contribution in [0.2, 0.25) is 0 Å². The van der Waals surface area contributed by atoms with Crippen molar-refractivity contribution in [3.05, 3.63) is 29.3 Å². The van der Waals surface area contributed by atoms with Gasteiger partial charge in [-0.05, 0) is 38.6 Å². The second kappa shape index (κ2) is 9.54. The number of ether oxygens (including phenoxy) is 2. The molecule has 26 heavy (non-hydrogen) atoms. The van der Waals surface area contributed by atoms with Crippen LogP contribution in [0.15, 0.2) is 23.6 Å². The van der Waals surface area contributed by atoms with Gasteiger partial charge in [-0.3, -0.25) is 9.69 Å². The highest BCUT2D eigenvalue weighted by molar-refractivity contribution is 7.13. The zero-order valence-corrected chi connectivity index (χ0v) is 16.9. The van der Waals surface area contributed by atoms with Gasteiger partial charge in [-0.2, -0.15) is 0 Å². The van der Waals surface area contributed by atoms with E-state index in [4.69, 9.17) is 14.5 Å². The van der Waals surface area contributed by atoms with E-state index in [0.29, 0.717) is 24.6 Å². The highest BCUT2D eigenvalue weighted by Gasteiger charge is 2.14. The lowest BCUT2D eigenvalue weighted by atomic mass is 10.2. The Morgan fingerprint density at radius 2 is 2.00 bits per heavy atom. The molecule has 1 aromatic heterocycles. The SMILES string of the molecule is CCN(CC(=O)NC(C)C)Cc1csc(-c2ccc(OC)c(OC)c2)n1. The molecule has 0 bridgehead atoms. The van der Waals surface area contributed by atoms with E-state index in [9.17, 15) is 4.79 Å². The molecule has 1 N–H and O–H groups in total. The van der Waals surface area contributed by atoms with Crippen molar-refractivity contribution in [3.8, 4) is 22.1 Å². The lowest BCUT2D eigenvalue weighted by molar-refractivity contribution is -0.122. The number of amides is 1. The average molecular weight is 378 g/mol. The van der Waals surface area contributed by atoms with E-state index in [2.05, 4.69) is 10.2 Å². The first-order valence-corrected chi connectivity index (χ1v) is 9.53. The maximum Gasteiger partial charge on any atom is 0.234 e. The number of benzene rings is 1. The van der Waals surface area contributed by atoms with Gasteiger partial charge in [0.1, 0.15) is 5.01 Å². The molecular formula is C19H27N3O3S. The molecule has 2 rings (SSSR count). The van der Waals surface area contributed by atoms with Gasteiger partial charge in [-0.1, -0.05) is 6.92 Å². The van der Waals surface area contributed by atoms with Gasteiger partial charge < -0.3 is 14.8 Å². The fraction of sp³-hybridized carbons (Fsp3) is 0.474. The quantitative estimate of drug-likeness (QED) is 0.727. The third-order valence-corrected chi connectivity index (χ3v) is 4.77. The van der Waals surface area contributed by atoms with Crippen molar-refractivity contribution in [2.45, 2.75) is 33.4 Å². The summed E-state index contributed by atoms with van der Waals surface area (Å²) in [6.07, 6.45) is 0. The molecule has 0 aliphatic heterocycles. The second-order valence-electron chi connectivity index (χ2n) is 6.24. The monoisotopic (exact) mass is 377 g/mol. The Bertz CT molecular complexity index is 731. The summed E-state index contributed by atoms with van der Waals surface area (Å²) in [6, 6.07) is 5.92. The van der Waals surface area contributed by atoms with Gasteiger partial charge in [0.15, 0.2) is 11.5 Å². The number of thiazole rings is 1. The summed E-state index contributed by atoms with van der Waals surface area (Å²) in [4.78, 5) is 18.8. The van der Waals surface area contributed by atoms with Gasteiger partial charge >= 0.3 is 0 Å². The number of methoxy groups -OCH3 is 2. The summed E-state index contributed by atoms with van der Waals surface area (Å²) in [7, 11) is 3.24. The highest BCUT2D eigenvalue weighted by Crippen LogP contribution is 2.33. The summed E-state index contributed by atoms with van der Waals surface area (Å²) in [5, 5.41) is 5.88. The van der Waals surface area contributed by atoms with E-state index >= 15 is 0 Å². The van der Waals surface area contributed by atoms with E-state index in [1.165, 1.54) is 0 Å². The van der Waals surface area contributed by atoms with Gasteiger partial charge in [0, 0.05) is 23.5 Å². The summed E-state index contributed by atoms with van der Waals surface area (Å²) < 4.78 is 10.6. The number of hydrogen-bond acceptors (Lipinski definition) is 6. The third-order valence-electron chi connectivity index (χ3n) is 3.83. The van der Waals surface area contributed by atoms with Gasteiger partial charge in [-0.15, -0.1) is 11.3 Å². The minimum Gasteiger partial charge on any atom is -0.493 e.